The quantitative estimate of drug-likeness (QED) is 0.304. The molecular weight excluding hydrogens is 512 g/mol. The van der Waals surface area contributed by atoms with E-state index >= 15 is 0 Å². The molecule has 0 saturated carbocycles. The molecule has 0 spiro atoms. The zero-order valence-electron chi connectivity index (χ0n) is 18.1. The van der Waals surface area contributed by atoms with Gasteiger partial charge in [-0.3, -0.25) is 9.11 Å². The predicted octanol–water partition coefficient (Wildman–Crippen LogP) is 1.47. The molecule has 1 aliphatic carbocycles. The number of anilines is 3. The van der Waals surface area contributed by atoms with Crippen LogP contribution in [0.3, 0.4) is 0 Å². The number of aromatic nitrogens is 6. The highest BCUT2D eigenvalue weighted by Gasteiger charge is 2.58. The maximum Gasteiger partial charge on any atom is 0.292 e. The van der Waals surface area contributed by atoms with Gasteiger partial charge in [0, 0.05) is 17.3 Å². The topological polar surface area (TPSA) is 210 Å². The van der Waals surface area contributed by atoms with Gasteiger partial charge in [-0.2, -0.15) is 16.8 Å². The molecule has 16 heteroatoms. The zero-order chi connectivity index (χ0) is 25.8. The van der Waals surface area contributed by atoms with Crippen LogP contribution in [0.4, 0.5) is 17.6 Å². The van der Waals surface area contributed by atoms with Crippen molar-refractivity contribution in [2.24, 2.45) is 5.92 Å². The highest BCUT2D eigenvalue weighted by atomic mass is 32.3. The van der Waals surface area contributed by atoms with Gasteiger partial charge in [0.25, 0.3) is 24.3 Å². The molecule has 3 aromatic rings. The van der Waals surface area contributed by atoms with E-state index in [2.05, 4.69) is 40.5 Å². The largest absolute Gasteiger partial charge is 0.324 e. The van der Waals surface area contributed by atoms with Crippen LogP contribution >= 0.6 is 0 Å². The van der Waals surface area contributed by atoms with Crippen molar-refractivity contribution in [1.29, 1.82) is 0 Å². The Labute approximate surface area is 205 Å². The van der Waals surface area contributed by atoms with Crippen LogP contribution in [0, 0.1) is 5.92 Å². The molecule has 0 aliphatic heterocycles. The standard InChI is InChI=1S/C20H18N8O6S2/c29-35(30,31)20(36(32,33)34)9-17(28-19-25-12-22-13-26-19)8-5-15(20)4-1-14-2-6-16(7-3-14)27-18-23-10-21-11-24-18/h1-13,15H,(H,29,30,31)(H,32,33,34)(H,21,23,24,27)(H,22,25,26,28). The van der Waals surface area contributed by atoms with Crippen LogP contribution in [0.5, 0.6) is 0 Å². The van der Waals surface area contributed by atoms with Crippen molar-refractivity contribution in [3.05, 3.63) is 85.1 Å². The van der Waals surface area contributed by atoms with Crippen molar-refractivity contribution >= 4 is 43.9 Å². The summed E-state index contributed by atoms with van der Waals surface area (Å²) in [6.45, 7) is 0. The average Bonchev–Trinajstić information content (AvgIpc) is 2.84. The van der Waals surface area contributed by atoms with Crippen molar-refractivity contribution in [2.45, 2.75) is 4.08 Å². The molecule has 2 heterocycles. The second kappa shape index (κ2) is 9.86. The first-order valence-electron chi connectivity index (χ1n) is 10.00. The number of rotatable bonds is 8. The van der Waals surface area contributed by atoms with Gasteiger partial charge in [-0.15, -0.1) is 0 Å². The molecule has 4 N–H and O–H groups in total. The maximum absolute atomic E-state index is 12.4. The lowest BCUT2D eigenvalue weighted by molar-refractivity contribution is 0.424. The van der Waals surface area contributed by atoms with Gasteiger partial charge in [0.05, 0.1) is 0 Å². The van der Waals surface area contributed by atoms with Crippen LogP contribution in [0.1, 0.15) is 5.56 Å². The summed E-state index contributed by atoms with van der Waals surface area (Å²) in [4.78, 5) is 22.9. The Morgan fingerprint density at radius 2 is 1.33 bits per heavy atom. The molecule has 0 saturated heterocycles. The highest BCUT2D eigenvalue weighted by Crippen LogP contribution is 2.40. The summed E-state index contributed by atoms with van der Waals surface area (Å²) >= 11 is 0. The Morgan fingerprint density at radius 1 is 0.806 bits per heavy atom. The number of nitrogens with zero attached hydrogens (tertiary/aromatic N) is 6. The van der Waals surface area contributed by atoms with E-state index in [1.165, 1.54) is 37.0 Å². The molecule has 0 fully saturated rings. The Bertz CT molecular complexity index is 1500. The number of benzene rings is 1. The molecular formula is C20H18N8O6S2. The SMILES string of the molecule is O=S(=O)(O)C1(S(=O)(=O)O)C=C(Nc2ncncn2)C=CC1C=Cc1ccc(Nc2ncncn2)cc1. The van der Waals surface area contributed by atoms with Crippen molar-refractivity contribution in [3.63, 3.8) is 0 Å². The fourth-order valence-corrected chi connectivity index (χ4v) is 5.98. The summed E-state index contributed by atoms with van der Waals surface area (Å²) in [5.74, 6) is -1.17. The summed E-state index contributed by atoms with van der Waals surface area (Å²) < 4.78 is 66.5. The first-order valence-corrected chi connectivity index (χ1v) is 12.9. The first kappa shape index (κ1) is 25.0. The van der Waals surface area contributed by atoms with Crippen LogP contribution in [-0.2, 0) is 20.2 Å². The molecule has 0 amide bonds. The third-order valence-corrected chi connectivity index (χ3v) is 8.67. The van der Waals surface area contributed by atoms with Crippen molar-refractivity contribution in [3.8, 4) is 0 Å². The van der Waals surface area contributed by atoms with E-state index in [1.807, 2.05) is 0 Å². The summed E-state index contributed by atoms with van der Waals surface area (Å²) in [5, 5.41) is 5.58. The van der Waals surface area contributed by atoms with Gasteiger partial charge in [0.1, 0.15) is 25.3 Å². The minimum Gasteiger partial charge on any atom is -0.324 e. The van der Waals surface area contributed by atoms with E-state index in [9.17, 15) is 25.9 Å². The average molecular weight is 531 g/mol. The molecule has 2 aromatic heterocycles. The van der Waals surface area contributed by atoms with E-state index < -0.39 is 30.2 Å². The second-order valence-corrected chi connectivity index (χ2v) is 10.8. The molecule has 0 bridgehead atoms. The molecule has 1 unspecified atom stereocenters. The number of allylic oxidation sites excluding steroid dienone is 3. The maximum atomic E-state index is 12.4. The van der Waals surface area contributed by atoms with E-state index in [4.69, 9.17) is 0 Å². The van der Waals surface area contributed by atoms with Crippen molar-refractivity contribution < 1.29 is 25.9 Å². The zero-order valence-corrected chi connectivity index (χ0v) is 19.7. The van der Waals surface area contributed by atoms with E-state index in [-0.39, 0.29) is 11.6 Å². The molecule has 4 rings (SSSR count). The van der Waals surface area contributed by atoms with Gasteiger partial charge >= 0.3 is 0 Å². The van der Waals surface area contributed by atoms with Gasteiger partial charge in [-0.25, -0.2) is 29.9 Å². The normalized spacial score (nSPS) is 17.5. The van der Waals surface area contributed by atoms with Gasteiger partial charge < -0.3 is 10.6 Å². The monoisotopic (exact) mass is 530 g/mol. The third kappa shape index (κ3) is 5.25. The first-order chi connectivity index (χ1) is 17.1. The molecule has 1 aromatic carbocycles. The fourth-order valence-electron chi connectivity index (χ4n) is 3.36. The Balaban J connectivity index is 1.64. The van der Waals surface area contributed by atoms with Gasteiger partial charge in [0.2, 0.25) is 11.9 Å². The van der Waals surface area contributed by atoms with Crippen LogP contribution < -0.4 is 10.6 Å². The number of hydrogen-bond acceptors (Lipinski definition) is 12. The Kier molecular flexibility index (Phi) is 6.84. The number of hydrogen-bond donors (Lipinski definition) is 4. The third-order valence-electron chi connectivity index (χ3n) is 5.02. The lowest BCUT2D eigenvalue weighted by Gasteiger charge is -2.32. The van der Waals surface area contributed by atoms with E-state index in [0.717, 1.165) is 12.7 Å². The number of nitrogens with one attached hydrogen (secondary N) is 2. The van der Waals surface area contributed by atoms with Gasteiger partial charge in [0.15, 0.2) is 0 Å². The van der Waals surface area contributed by atoms with Crippen molar-refractivity contribution in [1.82, 2.24) is 29.9 Å². The summed E-state index contributed by atoms with van der Waals surface area (Å²) in [5.41, 5.74) is 1.13. The van der Waals surface area contributed by atoms with Gasteiger partial charge in [-0.05, 0) is 29.8 Å². The molecule has 1 aliphatic rings. The summed E-state index contributed by atoms with van der Waals surface area (Å²) in [6, 6.07) is 6.71. The lowest BCUT2D eigenvalue weighted by Crippen LogP contribution is -2.50. The molecule has 14 nitrogen and oxygen atoms in total. The van der Waals surface area contributed by atoms with Crippen LogP contribution in [-0.4, -0.2) is 59.9 Å². The Hall–Kier alpha value is -4.12. The van der Waals surface area contributed by atoms with Crippen LogP contribution in [0.25, 0.3) is 6.08 Å². The smallest absolute Gasteiger partial charge is 0.292 e. The van der Waals surface area contributed by atoms with Crippen molar-refractivity contribution in [2.75, 3.05) is 10.6 Å². The van der Waals surface area contributed by atoms with E-state index in [1.54, 1.807) is 24.3 Å². The molecule has 186 valence electrons. The summed E-state index contributed by atoms with van der Waals surface area (Å²) in [7, 11) is -10.8. The molecule has 0 radical (unpaired) electrons. The van der Waals surface area contributed by atoms with Gasteiger partial charge in [-0.1, -0.05) is 30.4 Å². The Morgan fingerprint density at radius 3 is 1.86 bits per heavy atom. The second-order valence-electron chi connectivity index (χ2n) is 7.31. The van der Waals surface area contributed by atoms with Crippen LogP contribution in [0.15, 0.2) is 79.6 Å². The van der Waals surface area contributed by atoms with Crippen LogP contribution in [0.2, 0.25) is 0 Å². The highest BCUT2D eigenvalue weighted by molar-refractivity contribution is 8.05. The molecule has 36 heavy (non-hydrogen) atoms. The molecule has 1 atom stereocenters. The minimum atomic E-state index is -5.40. The minimum absolute atomic E-state index is 0.0136. The summed E-state index contributed by atoms with van der Waals surface area (Å²) in [6.07, 6.45) is 11.0. The lowest BCUT2D eigenvalue weighted by atomic mass is 9.96. The fraction of sp³-hybridized carbons (Fsp3) is 0.100. The predicted molar refractivity (Wildman–Crippen MR) is 129 cm³/mol. The van der Waals surface area contributed by atoms with E-state index in [0.29, 0.717) is 23.3 Å².